The third kappa shape index (κ3) is 6.12. The first-order valence-corrected chi connectivity index (χ1v) is 10.4. The normalized spacial score (nSPS) is 12.1. The van der Waals surface area contributed by atoms with Crippen LogP contribution >= 0.6 is 0 Å². The number of ether oxygens (including phenoxy) is 3. The zero-order chi connectivity index (χ0) is 25.5. The quantitative estimate of drug-likeness (QED) is 0.119. The van der Waals surface area contributed by atoms with E-state index >= 15 is 0 Å². The van der Waals surface area contributed by atoms with Crippen molar-refractivity contribution in [1.29, 1.82) is 5.41 Å². The second-order valence-corrected chi connectivity index (χ2v) is 7.38. The molecule has 0 saturated carbocycles. The van der Waals surface area contributed by atoms with E-state index in [9.17, 15) is 19.2 Å². The predicted molar refractivity (Wildman–Crippen MR) is 119 cm³/mol. The highest BCUT2D eigenvalue weighted by molar-refractivity contribution is 6.06. The molecule has 1 amide bonds. The number of carboxylic acids is 1. The van der Waals surface area contributed by atoms with Gasteiger partial charge in [0, 0.05) is 23.7 Å². The molecule has 0 aromatic heterocycles. The van der Waals surface area contributed by atoms with E-state index < -0.39 is 30.9 Å². The molecule has 0 fully saturated rings. The number of hydroxylamine groups is 1. The lowest BCUT2D eigenvalue weighted by molar-refractivity contribution is -0.145. The van der Waals surface area contributed by atoms with Crippen molar-refractivity contribution in [2.75, 3.05) is 26.4 Å². The van der Waals surface area contributed by atoms with Crippen LogP contribution in [0.15, 0.2) is 36.4 Å². The van der Waals surface area contributed by atoms with E-state index in [4.69, 9.17) is 29.9 Å². The molecule has 0 atom stereocenters. The molecule has 1 aliphatic rings. The first kappa shape index (κ1) is 25.2. The average molecular weight is 485 g/mol. The number of Topliss-reactive ketones (excluding diaryl/α,β-unsaturated/α-hetero) is 1. The van der Waals surface area contributed by atoms with Crippen molar-refractivity contribution < 1.29 is 43.7 Å². The maximum Gasteiger partial charge on any atom is 0.344 e. The predicted octanol–water partition coefficient (Wildman–Crippen LogP) is 1.23. The number of benzene rings is 2. The van der Waals surface area contributed by atoms with Crippen LogP contribution in [0.2, 0.25) is 0 Å². The molecule has 3 rings (SSSR count). The van der Waals surface area contributed by atoms with Gasteiger partial charge in [0.25, 0.3) is 5.91 Å². The molecule has 1 aliphatic heterocycles. The fourth-order valence-electron chi connectivity index (χ4n) is 3.41. The van der Waals surface area contributed by atoms with E-state index in [1.165, 1.54) is 35.2 Å². The lowest BCUT2D eigenvalue weighted by atomic mass is 10.1. The molecule has 12 nitrogen and oxygen atoms in total. The highest BCUT2D eigenvalue weighted by Gasteiger charge is 2.30. The van der Waals surface area contributed by atoms with Gasteiger partial charge in [0.2, 0.25) is 0 Å². The zero-order valence-corrected chi connectivity index (χ0v) is 18.7. The van der Waals surface area contributed by atoms with E-state index in [0.717, 1.165) is 0 Å². The van der Waals surface area contributed by atoms with Gasteiger partial charge in [-0.05, 0) is 36.8 Å². The number of carbonyl (C=O) groups excluding carboxylic acids is 3. The molecule has 2 aromatic rings. The van der Waals surface area contributed by atoms with Crippen LogP contribution in [0, 0.1) is 5.41 Å². The maximum absolute atomic E-state index is 13.1. The number of rotatable bonds is 11. The number of carboxylic acid groups (broad SMARTS) is 1. The number of hydrogen-bond acceptors (Lipinski definition) is 9. The zero-order valence-electron chi connectivity index (χ0n) is 18.7. The standard InChI is InChI=1S/C23H23N3O9/c1-2-33-21(30)12-35-19-8-15(34-11-20(28)29)4-6-17(19)18(27)10-26-9-14-7-13(22(24)25-32)3-5-16(14)23(26)31/h3-8,32H,2,9-12H2,1H3,(H2,24,25)(H,28,29). The van der Waals surface area contributed by atoms with Crippen LogP contribution in [0.4, 0.5) is 0 Å². The van der Waals surface area contributed by atoms with Crippen LogP contribution in [0.1, 0.15) is 38.8 Å². The minimum absolute atomic E-state index is 0.0279. The van der Waals surface area contributed by atoms with Crippen molar-refractivity contribution in [3.63, 3.8) is 0 Å². The smallest absolute Gasteiger partial charge is 0.344 e. The van der Waals surface area contributed by atoms with Gasteiger partial charge in [-0.3, -0.25) is 25.7 Å². The summed E-state index contributed by atoms with van der Waals surface area (Å²) < 4.78 is 15.4. The molecule has 1 heterocycles. The van der Waals surface area contributed by atoms with Gasteiger partial charge in [-0.2, -0.15) is 0 Å². The number of hydrogen-bond donors (Lipinski definition) is 4. The van der Waals surface area contributed by atoms with Gasteiger partial charge in [-0.1, -0.05) is 6.07 Å². The fraction of sp³-hybridized carbons (Fsp3) is 0.261. The molecule has 0 bridgehead atoms. The van der Waals surface area contributed by atoms with Gasteiger partial charge in [0.15, 0.2) is 19.0 Å². The van der Waals surface area contributed by atoms with Crippen molar-refractivity contribution in [2.24, 2.45) is 0 Å². The van der Waals surface area contributed by atoms with Crippen LogP contribution in [-0.2, 0) is 20.9 Å². The molecule has 0 aliphatic carbocycles. The molecular weight excluding hydrogens is 462 g/mol. The molecule has 0 unspecified atom stereocenters. The Bertz CT molecular complexity index is 1180. The van der Waals surface area contributed by atoms with E-state index in [0.29, 0.717) is 16.7 Å². The topological polar surface area (TPSA) is 176 Å². The van der Waals surface area contributed by atoms with Crippen molar-refractivity contribution in [3.05, 3.63) is 58.7 Å². The molecule has 12 heteroatoms. The second-order valence-electron chi connectivity index (χ2n) is 7.38. The number of amidine groups is 1. The van der Waals surface area contributed by atoms with Crippen LogP contribution in [-0.4, -0.2) is 71.0 Å². The van der Waals surface area contributed by atoms with Crippen LogP contribution in [0.25, 0.3) is 0 Å². The van der Waals surface area contributed by atoms with Gasteiger partial charge in [0.1, 0.15) is 17.3 Å². The van der Waals surface area contributed by atoms with Crippen LogP contribution in [0.3, 0.4) is 0 Å². The van der Waals surface area contributed by atoms with Crippen LogP contribution in [0.5, 0.6) is 11.5 Å². The number of nitrogens with one attached hydrogen (secondary N) is 2. The summed E-state index contributed by atoms with van der Waals surface area (Å²) in [7, 11) is 0. The Kier molecular flexibility index (Phi) is 8.00. The average Bonchev–Trinajstić information content (AvgIpc) is 3.15. The molecule has 0 saturated heterocycles. The summed E-state index contributed by atoms with van der Waals surface area (Å²) in [6.45, 7) is 0.483. The minimum atomic E-state index is -1.20. The summed E-state index contributed by atoms with van der Waals surface area (Å²) >= 11 is 0. The Morgan fingerprint density at radius 3 is 2.57 bits per heavy atom. The Hall–Kier alpha value is -4.45. The van der Waals surface area contributed by atoms with E-state index in [1.807, 2.05) is 0 Å². The van der Waals surface area contributed by atoms with E-state index in [2.05, 4.69) is 0 Å². The Labute approximate surface area is 199 Å². The molecule has 4 N–H and O–H groups in total. The number of aliphatic carboxylic acids is 1. The maximum atomic E-state index is 13.1. The minimum Gasteiger partial charge on any atom is -0.482 e. The highest BCUT2D eigenvalue weighted by atomic mass is 16.6. The van der Waals surface area contributed by atoms with Gasteiger partial charge in [-0.15, -0.1) is 0 Å². The summed E-state index contributed by atoms with van der Waals surface area (Å²) in [6.07, 6.45) is 0. The molecule has 35 heavy (non-hydrogen) atoms. The summed E-state index contributed by atoms with van der Waals surface area (Å²) in [5.74, 6) is -2.87. The third-order valence-corrected chi connectivity index (χ3v) is 4.99. The van der Waals surface area contributed by atoms with E-state index in [1.54, 1.807) is 18.5 Å². The molecular formula is C23H23N3O9. The summed E-state index contributed by atoms with van der Waals surface area (Å²) in [4.78, 5) is 49.7. The van der Waals surface area contributed by atoms with Gasteiger partial charge in [-0.25, -0.2) is 9.59 Å². The Morgan fingerprint density at radius 1 is 1.11 bits per heavy atom. The number of fused-ring (bicyclic) bond motifs is 1. The van der Waals surface area contributed by atoms with Crippen molar-refractivity contribution in [3.8, 4) is 11.5 Å². The third-order valence-electron chi connectivity index (χ3n) is 4.99. The first-order valence-electron chi connectivity index (χ1n) is 10.4. The van der Waals surface area contributed by atoms with E-state index in [-0.39, 0.29) is 48.5 Å². The molecule has 0 radical (unpaired) electrons. The largest absolute Gasteiger partial charge is 0.482 e. The van der Waals surface area contributed by atoms with Gasteiger partial charge < -0.3 is 24.2 Å². The van der Waals surface area contributed by atoms with Crippen LogP contribution < -0.4 is 15.0 Å². The lowest BCUT2D eigenvalue weighted by Crippen LogP contribution is -2.30. The molecule has 184 valence electrons. The van der Waals surface area contributed by atoms with Crippen molar-refractivity contribution in [1.82, 2.24) is 10.4 Å². The van der Waals surface area contributed by atoms with Crippen molar-refractivity contribution in [2.45, 2.75) is 13.5 Å². The monoisotopic (exact) mass is 485 g/mol. The number of ketones is 1. The first-order chi connectivity index (χ1) is 16.7. The highest BCUT2D eigenvalue weighted by Crippen LogP contribution is 2.28. The van der Waals surface area contributed by atoms with Crippen molar-refractivity contribution >= 4 is 29.5 Å². The lowest BCUT2D eigenvalue weighted by Gasteiger charge is -2.17. The number of amides is 1. The SMILES string of the molecule is CCOC(=O)COc1cc(OCC(=O)O)ccc1C(=O)CN1Cc2cc(C(=N)NO)ccc2C1=O. The molecule has 0 spiro atoms. The second kappa shape index (κ2) is 11.1. The molecule has 2 aromatic carbocycles. The Morgan fingerprint density at radius 2 is 1.89 bits per heavy atom. The number of esters is 1. The summed E-state index contributed by atoms with van der Waals surface area (Å²) in [6, 6.07) is 8.63. The fourth-order valence-corrected chi connectivity index (χ4v) is 3.41. The summed E-state index contributed by atoms with van der Waals surface area (Å²) in [5.41, 5.74) is 3.15. The number of carbonyl (C=O) groups is 4. The summed E-state index contributed by atoms with van der Waals surface area (Å²) in [5, 5.41) is 25.4. The van der Waals surface area contributed by atoms with Gasteiger partial charge in [0.05, 0.1) is 18.7 Å². The number of nitrogens with zero attached hydrogens (tertiary/aromatic N) is 1. The van der Waals surface area contributed by atoms with Gasteiger partial charge >= 0.3 is 11.9 Å². The Balaban J connectivity index is 1.78.